The average molecular weight is 331 g/mol. The Labute approximate surface area is 138 Å². The molecule has 1 atom stereocenters. The van der Waals surface area contributed by atoms with E-state index in [1.165, 1.54) is 30.4 Å². The van der Waals surface area contributed by atoms with E-state index in [1.807, 2.05) is 6.07 Å². The van der Waals surface area contributed by atoms with E-state index in [4.69, 9.17) is 16.3 Å². The van der Waals surface area contributed by atoms with Gasteiger partial charge in [-0.15, -0.1) is 12.4 Å². The summed E-state index contributed by atoms with van der Waals surface area (Å²) in [5, 5.41) is 4.31. The SMILES string of the molecule is CN(Cc1cc(Cl)cc2c1OCC2)C1CCCNCC1.Cl. The van der Waals surface area contributed by atoms with Gasteiger partial charge < -0.3 is 10.1 Å². The second-order valence-electron chi connectivity index (χ2n) is 5.90. The van der Waals surface area contributed by atoms with E-state index in [9.17, 15) is 0 Å². The zero-order valence-electron chi connectivity index (χ0n) is 12.5. The van der Waals surface area contributed by atoms with E-state index in [2.05, 4.69) is 23.3 Å². The van der Waals surface area contributed by atoms with Gasteiger partial charge in [-0.05, 0) is 57.1 Å². The summed E-state index contributed by atoms with van der Waals surface area (Å²) in [7, 11) is 2.22. The van der Waals surface area contributed by atoms with Crippen LogP contribution in [0.25, 0.3) is 0 Å². The number of ether oxygens (including phenoxy) is 1. The molecule has 1 fully saturated rings. The summed E-state index contributed by atoms with van der Waals surface area (Å²) >= 11 is 6.24. The maximum atomic E-state index is 6.24. The van der Waals surface area contributed by atoms with Gasteiger partial charge in [-0.1, -0.05) is 11.6 Å². The topological polar surface area (TPSA) is 24.5 Å². The Hall–Kier alpha value is -0.480. The fourth-order valence-electron chi connectivity index (χ4n) is 3.30. The van der Waals surface area contributed by atoms with Crippen molar-refractivity contribution in [3.8, 4) is 5.75 Å². The standard InChI is InChI=1S/C16H23ClN2O.ClH/c1-19(15-3-2-6-18-7-4-15)11-13-10-14(17)9-12-5-8-20-16(12)13;/h9-10,15,18H,2-8,11H2,1H3;1H. The van der Waals surface area contributed by atoms with Crippen LogP contribution in [0, 0.1) is 0 Å². The Kier molecular flexibility index (Phi) is 6.18. The molecule has 3 rings (SSSR count). The number of halogens is 2. The molecule has 2 aliphatic rings. The molecule has 1 saturated heterocycles. The van der Waals surface area contributed by atoms with Crippen molar-refractivity contribution in [2.75, 3.05) is 26.7 Å². The van der Waals surface area contributed by atoms with E-state index < -0.39 is 0 Å². The van der Waals surface area contributed by atoms with Crippen molar-refractivity contribution in [2.45, 2.75) is 38.3 Å². The van der Waals surface area contributed by atoms with Crippen molar-refractivity contribution in [1.29, 1.82) is 0 Å². The molecule has 1 aromatic rings. The molecule has 21 heavy (non-hydrogen) atoms. The average Bonchev–Trinajstić information content (AvgIpc) is 2.72. The molecule has 0 aromatic heterocycles. The zero-order chi connectivity index (χ0) is 13.9. The van der Waals surface area contributed by atoms with Crippen LogP contribution < -0.4 is 10.1 Å². The van der Waals surface area contributed by atoms with Crippen molar-refractivity contribution in [3.05, 3.63) is 28.3 Å². The number of nitrogens with one attached hydrogen (secondary N) is 1. The maximum absolute atomic E-state index is 6.24. The minimum Gasteiger partial charge on any atom is -0.493 e. The lowest BCUT2D eigenvalue weighted by molar-refractivity contribution is 0.213. The summed E-state index contributed by atoms with van der Waals surface area (Å²) in [6.07, 6.45) is 4.74. The molecule has 0 spiro atoms. The van der Waals surface area contributed by atoms with Gasteiger partial charge in [0.25, 0.3) is 0 Å². The van der Waals surface area contributed by atoms with Gasteiger partial charge in [0.2, 0.25) is 0 Å². The van der Waals surface area contributed by atoms with Gasteiger partial charge >= 0.3 is 0 Å². The van der Waals surface area contributed by atoms with Crippen molar-refractivity contribution in [2.24, 2.45) is 0 Å². The smallest absolute Gasteiger partial charge is 0.127 e. The summed E-state index contributed by atoms with van der Waals surface area (Å²) in [4.78, 5) is 2.46. The highest BCUT2D eigenvalue weighted by atomic mass is 35.5. The number of hydrogen-bond donors (Lipinski definition) is 1. The Bertz CT molecular complexity index is 474. The van der Waals surface area contributed by atoms with Gasteiger partial charge in [0, 0.05) is 29.6 Å². The Morgan fingerprint density at radius 1 is 1.33 bits per heavy atom. The van der Waals surface area contributed by atoms with Crippen molar-refractivity contribution >= 4 is 24.0 Å². The zero-order valence-corrected chi connectivity index (χ0v) is 14.1. The van der Waals surface area contributed by atoms with Crippen molar-refractivity contribution in [3.63, 3.8) is 0 Å². The Balaban J connectivity index is 0.00000161. The number of fused-ring (bicyclic) bond motifs is 1. The fourth-order valence-corrected chi connectivity index (χ4v) is 3.57. The second kappa shape index (κ2) is 7.68. The van der Waals surface area contributed by atoms with Gasteiger partial charge in [-0.25, -0.2) is 0 Å². The Morgan fingerprint density at radius 3 is 3.05 bits per heavy atom. The Morgan fingerprint density at radius 2 is 2.19 bits per heavy atom. The van der Waals surface area contributed by atoms with Crippen molar-refractivity contribution in [1.82, 2.24) is 10.2 Å². The molecule has 3 nitrogen and oxygen atoms in total. The third-order valence-electron chi connectivity index (χ3n) is 4.41. The van der Waals surface area contributed by atoms with Crippen LogP contribution in [0.15, 0.2) is 12.1 Å². The summed E-state index contributed by atoms with van der Waals surface area (Å²) < 4.78 is 5.80. The predicted molar refractivity (Wildman–Crippen MR) is 89.9 cm³/mol. The van der Waals surface area contributed by atoms with Gasteiger partial charge in [-0.3, -0.25) is 4.90 Å². The van der Waals surface area contributed by atoms with Crippen molar-refractivity contribution < 1.29 is 4.74 Å². The molecule has 2 heterocycles. The highest BCUT2D eigenvalue weighted by molar-refractivity contribution is 6.30. The minimum absolute atomic E-state index is 0. The molecular formula is C16H24Cl2N2O. The molecule has 2 aliphatic heterocycles. The lowest BCUT2D eigenvalue weighted by Gasteiger charge is -2.27. The highest BCUT2D eigenvalue weighted by Crippen LogP contribution is 2.34. The van der Waals surface area contributed by atoms with Gasteiger partial charge in [0.15, 0.2) is 0 Å². The number of hydrogen-bond acceptors (Lipinski definition) is 3. The van der Waals surface area contributed by atoms with Crippen LogP contribution in [-0.4, -0.2) is 37.7 Å². The summed E-state index contributed by atoms with van der Waals surface area (Å²) in [6, 6.07) is 4.76. The number of benzene rings is 1. The van der Waals surface area contributed by atoms with E-state index in [1.54, 1.807) is 0 Å². The van der Waals surface area contributed by atoms with Gasteiger partial charge in [0.1, 0.15) is 5.75 Å². The van der Waals surface area contributed by atoms with E-state index >= 15 is 0 Å². The first-order chi connectivity index (χ1) is 9.74. The minimum atomic E-state index is 0. The third kappa shape index (κ3) is 4.04. The van der Waals surface area contributed by atoms with Crippen LogP contribution >= 0.6 is 24.0 Å². The van der Waals surface area contributed by atoms with E-state index in [-0.39, 0.29) is 12.4 Å². The molecule has 1 unspecified atom stereocenters. The quantitative estimate of drug-likeness (QED) is 0.920. The molecule has 1 aromatic carbocycles. The predicted octanol–water partition coefficient (Wildman–Crippen LogP) is 3.27. The summed E-state index contributed by atoms with van der Waals surface area (Å²) in [6.45, 7) is 3.99. The first kappa shape index (κ1) is 16.9. The molecule has 0 aliphatic carbocycles. The van der Waals surface area contributed by atoms with Crippen LogP contribution in [0.2, 0.25) is 5.02 Å². The molecule has 0 saturated carbocycles. The lowest BCUT2D eigenvalue weighted by atomic mass is 10.0. The fraction of sp³-hybridized carbons (Fsp3) is 0.625. The molecule has 1 N–H and O–H groups in total. The van der Waals surface area contributed by atoms with Crippen LogP contribution in [0.5, 0.6) is 5.75 Å². The largest absolute Gasteiger partial charge is 0.493 e. The molecule has 118 valence electrons. The number of nitrogens with zero attached hydrogens (tertiary/aromatic N) is 1. The molecular weight excluding hydrogens is 307 g/mol. The molecule has 5 heteroatoms. The van der Waals surface area contributed by atoms with Gasteiger partial charge in [-0.2, -0.15) is 0 Å². The molecule has 0 radical (unpaired) electrons. The van der Waals surface area contributed by atoms with Gasteiger partial charge in [0.05, 0.1) is 6.61 Å². The van der Waals surface area contributed by atoms with E-state index in [0.717, 1.165) is 43.4 Å². The monoisotopic (exact) mass is 330 g/mol. The molecule has 0 amide bonds. The first-order valence-corrected chi connectivity index (χ1v) is 7.97. The second-order valence-corrected chi connectivity index (χ2v) is 6.34. The van der Waals surface area contributed by atoms with Crippen LogP contribution in [-0.2, 0) is 13.0 Å². The highest BCUT2D eigenvalue weighted by Gasteiger charge is 2.21. The van der Waals surface area contributed by atoms with E-state index in [0.29, 0.717) is 6.04 Å². The van der Waals surface area contributed by atoms with Crippen LogP contribution in [0.4, 0.5) is 0 Å². The summed E-state index contributed by atoms with van der Waals surface area (Å²) in [5.74, 6) is 1.08. The summed E-state index contributed by atoms with van der Waals surface area (Å²) in [5.41, 5.74) is 2.51. The maximum Gasteiger partial charge on any atom is 0.127 e. The lowest BCUT2D eigenvalue weighted by Crippen LogP contribution is -2.32. The van der Waals surface area contributed by atoms with Crippen LogP contribution in [0.3, 0.4) is 0 Å². The molecule has 0 bridgehead atoms. The van der Waals surface area contributed by atoms with Crippen LogP contribution in [0.1, 0.15) is 30.4 Å². The normalized spacial score (nSPS) is 21.4. The third-order valence-corrected chi connectivity index (χ3v) is 4.63. The first-order valence-electron chi connectivity index (χ1n) is 7.59. The number of rotatable bonds is 3.